The van der Waals surface area contributed by atoms with Crippen LogP contribution in [0.25, 0.3) is 12.2 Å². The summed E-state index contributed by atoms with van der Waals surface area (Å²) in [5.74, 6) is 0.848. The molecule has 0 aliphatic rings. The second kappa shape index (κ2) is 8.08. The topological polar surface area (TPSA) is 18.5 Å². The first-order valence-electron chi connectivity index (χ1n) is 7.44. The molecule has 2 heteroatoms. The molecule has 0 saturated heterocycles. The van der Waals surface area contributed by atoms with Crippen LogP contribution in [0.4, 0.5) is 0 Å². The maximum absolute atomic E-state index is 5.85. The third-order valence-electron chi connectivity index (χ3n) is 3.08. The van der Waals surface area contributed by atoms with Crippen molar-refractivity contribution in [1.82, 2.24) is 0 Å². The normalized spacial score (nSPS) is 10.9. The van der Waals surface area contributed by atoms with Gasteiger partial charge in [0, 0.05) is 5.56 Å². The van der Waals surface area contributed by atoms with Gasteiger partial charge in [-0.05, 0) is 37.1 Å². The van der Waals surface area contributed by atoms with Gasteiger partial charge in [-0.25, -0.2) is 0 Å². The van der Waals surface area contributed by atoms with E-state index in [9.17, 15) is 0 Å². The van der Waals surface area contributed by atoms with E-state index in [2.05, 4.69) is 6.58 Å². The van der Waals surface area contributed by atoms with Crippen LogP contribution in [0.3, 0.4) is 0 Å². The second-order valence-corrected chi connectivity index (χ2v) is 5.26. The van der Waals surface area contributed by atoms with Crippen molar-refractivity contribution in [1.29, 1.82) is 0 Å². The molecule has 114 valence electrons. The molecule has 0 saturated carbocycles. The summed E-state index contributed by atoms with van der Waals surface area (Å²) in [7, 11) is 0. The summed E-state index contributed by atoms with van der Waals surface area (Å²) in [5.41, 5.74) is 3.18. The highest BCUT2D eigenvalue weighted by molar-refractivity contribution is 5.52. The van der Waals surface area contributed by atoms with Crippen molar-refractivity contribution in [3.63, 3.8) is 0 Å². The fourth-order valence-electron chi connectivity index (χ4n) is 2.01. The molecule has 22 heavy (non-hydrogen) atoms. The summed E-state index contributed by atoms with van der Waals surface area (Å²) in [6.07, 6.45) is 5.60. The van der Waals surface area contributed by atoms with Crippen LogP contribution in [-0.2, 0) is 11.3 Å². The molecule has 0 aliphatic carbocycles. The minimum Gasteiger partial charge on any atom is -0.496 e. The average Bonchev–Trinajstić information content (AvgIpc) is 2.53. The monoisotopic (exact) mass is 294 g/mol. The molecule has 0 fully saturated rings. The number of rotatable bonds is 7. The highest BCUT2D eigenvalue weighted by Gasteiger charge is 2.06. The van der Waals surface area contributed by atoms with Gasteiger partial charge < -0.3 is 9.47 Å². The van der Waals surface area contributed by atoms with Gasteiger partial charge in [-0.1, -0.05) is 55.1 Å². The molecule has 0 heterocycles. The van der Waals surface area contributed by atoms with Crippen LogP contribution in [0, 0.1) is 0 Å². The van der Waals surface area contributed by atoms with E-state index in [1.807, 2.05) is 74.5 Å². The number of hydrogen-bond donors (Lipinski definition) is 0. The fraction of sp³-hybridized carbons (Fsp3) is 0.200. The molecule has 0 radical (unpaired) electrons. The predicted octanol–water partition coefficient (Wildman–Crippen LogP) is 5.30. The number of benzene rings is 2. The summed E-state index contributed by atoms with van der Waals surface area (Å²) in [6, 6.07) is 16.1. The molecule has 0 spiro atoms. The van der Waals surface area contributed by atoms with Gasteiger partial charge in [-0.15, -0.1) is 0 Å². The van der Waals surface area contributed by atoms with E-state index in [4.69, 9.17) is 9.47 Å². The zero-order valence-corrected chi connectivity index (χ0v) is 13.2. The smallest absolute Gasteiger partial charge is 0.126 e. The van der Waals surface area contributed by atoms with Crippen molar-refractivity contribution in [3.05, 3.63) is 78.1 Å². The Labute approximate surface area is 132 Å². The maximum atomic E-state index is 5.85. The summed E-state index contributed by atoms with van der Waals surface area (Å²) in [6.45, 7) is 8.30. The molecule has 0 atom stereocenters. The Morgan fingerprint density at radius 3 is 2.50 bits per heavy atom. The largest absolute Gasteiger partial charge is 0.496 e. The molecule has 0 bridgehead atoms. The summed E-state index contributed by atoms with van der Waals surface area (Å²) < 4.78 is 11.5. The van der Waals surface area contributed by atoms with Crippen LogP contribution in [0.2, 0.25) is 0 Å². The molecule has 0 aliphatic heterocycles. The van der Waals surface area contributed by atoms with E-state index in [-0.39, 0.29) is 6.10 Å². The van der Waals surface area contributed by atoms with Gasteiger partial charge >= 0.3 is 0 Å². The van der Waals surface area contributed by atoms with Crippen LogP contribution in [0.5, 0.6) is 5.75 Å². The van der Waals surface area contributed by atoms with E-state index < -0.39 is 0 Å². The van der Waals surface area contributed by atoms with Gasteiger partial charge in [0.1, 0.15) is 12.4 Å². The van der Waals surface area contributed by atoms with Crippen molar-refractivity contribution in [2.24, 2.45) is 0 Å². The third-order valence-corrected chi connectivity index (χ3v) is 3.08. The molecular formula is C20H22O2. The lowest BCUT2D eigenvalue weighted by Gasteiger charge is -2.15. The summed E-state index contributed by atoms with van der Waals surface area (Å²) in [5, 5.41) is 0. The minimum atomic E-state index is 0.124. The molecule has 2 aromatic rings. The Hall–Kier alpha value is -2.48. The molecule has 2 nitrogen and oxygen atoms in total. The molecule has 0 unspecified atom stereocenters. The van der Waals surface area contributed by atoms with Crippen LogP contribution in [0.1, 0.15) is 30.5 Å². The number of ether oxygens (including phenoxy) is 2. The average molecular weight is 294 g/mol. The van der Waals surface area contributed by atoms with E-state index >= 15 is 0 Å². The van der Waals surface area contributed by atoms with Gasteiger partial charge in [0.2, 0.25) is 0 Å². The Balaban J connectivity index is 2.02. The molecule has 2 aromatic carbocycles. The third kappa shape index (κ3) is 4.81. The van der Waals surface area contributed by atoms with E-state index in [1.165, 1.54) is 0 Å². The zero-order valence-electron chi connectivity index (χ0n) is 13.2. The lowest BCUT2D eigenvalue weighted by molar-refractivity contribution is 0.212. The van der Waals surface area contributed by atoms with Crippen LogP contribution in [-0.4, -0.2) is 6.10 Å². The van der Waals surface area contributed by atoms with Gasteiger partial charge in [0.15, 0.2) is 0 Å². The first-order chi connectivity index (χ1) is 10.7. The Bertz CT molecular complexity index is 627. The Morgan fingerprint density at radius 2 is 1.82 bits per heavy atom. The highest BCUT2D eigenvalue weighted by Crippen LogP contribution is 2.23. The predicted molar refractivity (Wildman–Crippen MR) is 92.6 cm³/mol. The van der Waals surface area contributed by atoms with Gasteiger partial charge in [-0.3, -0.25) is 0 Å². The van der Waals surface area contributed by atoms with Gasteiger partial charge in [0.05, 0.1) is 12.4 Å². The Kier molecular flexibility index (Phi) is 5.84. The molecule has 0 N–H and O–H groups in total. The van der Waals surface area contributed by atoms with Crippen LogP contribution in [0.15, 0.2) is 61.4 Å². The van der Waals surface area contributed by atoms with Crippen LogP contribution < -0.4 is 4.74 Å². The summed E-state index contributed by atoms with van der Waals surface area (Å²) in [4.78, 5) is 0. The summed E-state index contributed by atoms with van der Waals surface area (Å²) >= 11 is 0. The molecule has 0 amide bonds. The van der Waals surface area contributed by atoms with Crippen molar-refractivity contribution in [2.75, 3.05) is 0 Å². The molecule has 2 rings (SSSR count). The first kappa shape index (κ1) is 15.9. The van der Waals surface area contributed by atoms with Crippen molar-refractivity contribution in [2.45, 2.75) is 26.6 Å². The van der Waals surface area contributed by atoms with E-state index in [1.54, 1.807) is 6.26 Å². The second-order valence-electron chi connectivity index (χ2n) is 5.26. The number of hydrogen-bond acceptors (Lipinski definition) is 2. The standard InChI is InChI=1S/C20H22O2/c1-4-17-10-11-19(20(14-17)22-16(2)3)15-21-13-12-18-8-6-5-7-9-18/h4-14,16H,1,15H2,2-3H3. The minimum absolute atomic E-state index is 0.124. The van der Waals surface area contributed by atoms with E-state index in [0.29, 0.717) is 6.61 Å². The van der Waals surface area contributed by atoms with Crippen molar-refractivity contribution < 1.29 is 9.47 Å². The Morgan fingerprint density at radius 1 is 1.05 bits per heavy atom. The van der Waals surface area contributed by atoms with Gasteiger partial charge in [-0.2, -0.15) is 0 Å². The van der Waals surface area contributed by atoms with E-state index in [0.717, 1.165) is 22.4 Å². The van der Waals surface area contributed by atoms with Gasteiger partial charge in [0.25, 0.3) is 0 Å². The molecule has 0 aromatic heterocycles. The van der Waals surface area contributed by atoms with Crippen molar-refractivity contribution in [3.8, 4) is 5.75 Å². The van der Waals surface area contributed by atoms with Crippen LogP contribution >= 0.6 is 0 Å². The van der Waals surface area contributed by atoms with Crippen molar-refractivity contribution >= 4 is 12.2 Å². The fourth-order valence-corrected chi connectivity index (χ4v) is 2.01. The first-order valence-corrected chi connectivity index (χ1v) is 7.44. The highest BCUT2D eigenvalue weighted by atomic mass is 16.5. The quantitative estimate of drug-likeness (QED) is 0.645. The lowest BCUT2D eigenvalue weighted by Crippen LogP contribution is -2.08. The molecular weight excluding hydrogens is 272 g/mol. The SMILES string of the molecule is C=Cc1ccc(COC=Cc2ccccc2)c(OC(C)C)c1. The lowest BCUT2D eigenvalue weighted by atomic mass is 10.1. The maximum Gasteiger partial charge on any atom is 0.126 e. The zero-order chi connectivity index (χ0) is 15.8.